The average Bonchev–Trinajstić information content (AvgIpc) is 3.10. The number of nitrogens with zero attached hydrogens (tertiary/aromatic N) is 3. The summed E-state index contributed by atoms with van der Waals surface area (Å²) >= 11 is 0. The summed E-state index contributed by atoms with van der Waals surface area (Å²) < 4.78 is 13.1. The number of para-hydroxylation sites is 1. The van der Waals surface area contributed by atoms with Crippen molar-refractivity contribution in [3.63, 3.8) is 0 Å². The Hall–Kier alpha value is -2.34. The molecular formula is C20H27N3O3. The summed E-state index contributed by atoms with van der Waals surface area (Å²) in [4.78, 5) is 14.9. The first-order valence-electron chi connectivity index (χ1n) is 9.18. The normalized spacial score (nSPS) is 17.5. The lowest BCUT2D eigenvalue weighted by atomic mass is 10.1. The minimum absolute atomic E-state index is 0.0870. The molecule has 1 fully saturated rings. The van der Waals surface area contributed by atoms with Crippen molar-refractivity contribution in [1.29, 1.82) is 0 Å². The van der Waals surface area contributed by atoms with Gasteiger partial charge in [-0.3, -0.25) is 4.79 Å². The predicted octanol–water partition coefficient (Wildman–Crippen LogP) is 3.16. The maximum Gasteiger partial charge on any atom is 0.278 e. The molecule has 6 heteroatoms. The third-order valence-corrected chi connectivity index (χ3v) is 4.47. The summed E-state index contributed by atoms with van der Waals surface area (Å²) in [6, 6.07) is 9.75. The van der Waals surface area contributed by atoms with Crippen molar-refractivity contribution in [3.8, 4) is 11.4 Å². The molecule has 2 aromatic rings. The lowest BCUT2D eigenvalue weighted by molar-refractivity contribution is 0.0263. The van der Waals surface area contributed by atoms with Crippen molar-refractivity contribution in [2.45, 2.75) is 32.8 Å². The van der Waals surface area contributed by atoms with Gasteiger partial charge in [0, 0.05) is 20.2 Å². The van der Waals surface area contributed by atoms with E-state index in [9.17, 15) is 4.79 Å². The molecule has 1 saturated heterocycles. The van der Waals surface area contributed by atoms with Crippen LogP contribution < -0.4 is 4.74 Å². The van der Waals surface area contributed by atoms with E-state index >= 15 is 0 Å². The van der Waals surface area contributed by atoms with Crippen molar-refractivity contribution < 1.29 is 14.3 Å². The van der Waals surface area contributed by atoms with Crippen LogP contribution >= 0.6 is 0 Å². The molecule has 0 bridgehead atoms. The van der Waals surface area contributed by atoms with Gasteiger partial charge in [-0.05, 0) is 30.9 Å². The van der Waals surface area contributed by atoms with Gasteiger partial charge >= 0.3 is 0 Å². The van der Waals surface area contributed by atoms with Crippen molar-refractivity contribution in [2.24, 2.45) is 5.92 Å². The second kappa shape index (κ2) is 8.36. The van der Waals surface area contributed by atoms with E-state index in [4.69, 9.17) is 9.47 Å². The van der Waals surface area contributed by atoms with E-state index in [0.717, 1.165) is 25.1 Å². The molecule has 1 aliphatic heterocycles. The van der Waals surface area contributed by atoms with Crippen LogP contribution in [0.4, 0.5) is 0 Å². The number of benzene rings is 1. The zero-order chi connectivity index (χ0) is 18.5. The highest BCUT2D eigenvalue weighted by Gasteiger charge is 2.29. The van der Waals surface area contributed by atoms with E-state index in [1.807, 2.05) is 35.2 Å². The van der Waals surface area contributed by atoms with Gasteiger partial charge in [0.2, 0.25) is 0 Å². The fraction of sp³-hybridized carbons (Fsp3) is 0.500. The fourth-order valence-corrected chi connectivity index (χ4v) is 3.05. The number of carbonyl (C=O) groups excluding carboxylic acids is 1. The Bertz CT molecular complexity index is 727. The molecule has 0 N–H and O–H groups in total. The van der Waals surface area contributed by atoms with Crippen molar-refractivity contribution >= 4 is 5.91 Å². The minimum atomic E-state index is -0.0970. The minimum Gasteiger partial charge on any atom is -0.489 e. The molecule has 0 saturated carbocycles. The van der Waals surface area contributed by atoms with Crippen LogP contribution in [0.2, 0.25) is 0 Å². The van der Waals surface area contributed by atoms with Crippen LogP contribution in [0.1, 0.15) is 37.2 Å². The molecule has 140 valence electrons. The number of likely N-dealkylation sites (tertiary alicyclic amines) is 1. The number of hydrogen-bond acceptors (Lipinski definition) is 4. The molecule has 3 rings (SSSR count). The smallest absolute Gasteiger partial charge is 0.278 e. The number of rotatable bonds is 6. The monoisotopic (exact) mass is 357 g/mol. The summed E-state index contributed by atoms with van der Waals surface area (Å²) in [7, 11) is 1.69. The summed E-state index contributed by atoms with van der Waals surface area (Å²) in [6.07, 6.45) is 3.80. The Labute approximate surface area is 154 Å². The second-order valence-corrected chi connectivity index (χ2v) is 7.08. The van der Waals surface area contributed by atoms with Crippen LogP contribution in [-0.4, -0.2) is 53.5 Å². The number of hydrogen-bond donors (Lipinski definition) is 0. The van der Waals surface area contributed by atoms with Gasteiger partial charge in [0.05, 0.1) is 24.6 Å². The Kier molecular flexibility index (Phi) is 5.93. The molecule has 0 spiro atoms. The predicted molar refractivity (Wildman–Crippen MR) is 99.8 cm³/mol. The van der Waals surface area contributed by atoms with Gasteiger partial charge in [0.25, 0.3) is 5.91 Å². The molecule has 1 atom stereocenters. The largest absolute Gasteiger partial charge is 0.489 e. The van der Waals surface area contributed by atoms with Gasteiger partial charge in [-0.15, -0.1) is 0 Å². The van der Waals surface area contributed by atoms with Gasteiger partial charge in [-0.1, -0.05) is 32.0 Å². The fourth-order valence-electron chi connectivity index (χ4n) is 3.05. The van der Waals surface area contributed by atoms with E-state index in [-0.39, 0.29) is 12.0 Å². The standard InChI is InChI=1S/C20H27N3O3/c1-15(2)14-26-18-13-23(16-8-5-4-6-9-16)21-19(18)20(24)22-11-7-10-17(12-22)25-3/h4-6,8-9,13,15,17H,7,10-12,14H2,1-3H3/t17-/m1/s1. The topological polar surface area (TPSA) is 56.6 Å². The first-order valence-corrected chi connectivity index (χ1v) is 9.18. The molecule has 2 heterocycles. The number of ether oxygens (including phenoxy) is 2. The molecule has 0 aliphatic carbocycles. The van der Waals surface area contributed by atoms with Gasteiger partial charge in [0.1, 0.15) is 0 Å². The first kappa shape index (κ1) is 18.5. The van der Waals surface area contributed by atoms with E-state index in [0.29, 0.717) is 30.5 Å². The van der Waals surface area contributed by atoms with Gasteiger partial charge in [-0.25, -0.2) is 4.68 Å². The molecule has 26 heavy (non-hydrogen) atoms. The average molecular weight is 357 g/mol. The van der Waals surface area contributed by atoms with Crippen molar-refractivity contribution in [2.75, 3.05) is 26.8 Å². The SMILES string of the molecule is CO[C@@H]1CCCN(C(=O)c2nn(-c3ccccc3)cc2OCC(C)C)C1. The molecule has 6 nitrogen and oxygen atoms in total. The quantitative estimate of drug-likeness (QED) is 0.797. The number of carbonyl (C=O) groups is 1. The van der Waals surface area contributed by atoms with Crippen LogP contribution in [0.15, 0.2) is 36.5 Å². The molecule has 1 aromatic heterocycles. The number of aromatic nitrogens is 2. The molecule has 1 aliphatic rings. The van der Waals surface area contributed by atoms with Crippen LogP contribution in [0.25, 0.3) is 5.69 Å². The number of piperidine rings is 1. The third-order valence-electron chi connectivity index (χ3n) is 4.47. The maximum atomic E-state index is 13.1. The molecule has 0 unspecified atom stereocenters. The van der Waals surface area contributed by atoms with E-state index in [2.05, 4.69) is 18.9 Å². The Morgan fingerprint density at radius 2 is 2.08 bits per heavy atom. The Morgan fingerprint density at radius 1 is 1.31 bits per heavy atom. The summed E-state index contributed by atoms with van der Waals surface area (Å²) in [5.41, 5.74) is 1.26. The second-order valence-electron chi connectivity index (χ2n) is 7.08. The molecule has 0 radical (unpaired) electrons. The van der Waals surface area contributed by atoms with Crippen molar-refractivity contribution in [1.82, 2.24) is 14.7 Å². The highest BCUT2D eigenvalue weighted by Crippen LogP contribution is 2.24. The van der Waals surface area contributed by atoms with Gasteiger partial charge in [0.15, 0.2) is 11.4 Å². The zero-order valence-electron chi connectivity index (χ0n) is 15.7. The van der Waals surface area contributed by atoms with Gasteiger partial charge in [-0.2, -0.15) is 5.10 Å². The number of amides is 1. The number of methoxy groups -OCH3 is 1. The summed E-state index contributed by atoms with van der Waals surface area (Å²) in [5.74, 6) is 0.804. The zero-order valence-corrected chi connectivity index (χ0v) is 15.7. The highest BCUT2D eigenvalue weighted by molar-refractivity contribution is 5.95. The lowest BCUT2D eigenvalue weighted by Gasteiger charge is -2.31. The maximum absolute atomic E-state index is 13.1. The van der Waals surface area contributed by atoms with Crippen molar-refractivity contribution in [3.05, 3.63) is 42.2 Å². The van der Waals surface area contributed by atoms with Crippen LogP contribution in [0.3, 0.4) is 0 Å². The van der Waals surface area contributed by atoms with Gasteiger partial charge < -0.3 is 14.4 Å². The Balaban J connectivity index is 1.88. The van der Waals surface area contributed by atoms with E-state index < -0.39 is 0 Å². The first-order chi connectivity index (χ1) is 12.6. The summed E-state index contributed by atoms with van der Waals surface area (Å²) in [6.45, 7) is 6.02. The lowest BCUT2D eigenvalue weighted by Crippen LogP contribution is -2.43. The Morgan fingerprint density at radius 3 is 2.77 bits per heavy atom. The summed E-state index contributed by atoms with van der Waals surface area (Å²) in [5, 5.41) is 4.54. The third kappa shape index (κ3) is 4.25. The highest BCUT2D eigenvalue weighted by atomic mass is 16.5. The van der Waals surface area contributed by atoms with Crippen LogP contribution in [0.5, 0.6) is 5.75 Å². The van der Waals surface area contributed by atoms with Crippen LogP contribution in [-0.2, 0) is 4.74 Å². The molecule has 1 aromatic carbocycles. The molecular weight excluding hydrogens is 330 g/mol. The van der Waals surface area contributed by atoms with E-state index in [1.54, 1.807) is 18.0 Å². The van der Waals surface area contributed by atoms with Crippen LogP contribution in [0, 0.1) is 5.92 Å². The molecule has 1 amide bonds. The van der Waals surface area contributed by atoms with E-state index in [1.165, 1.54) is 0 Å².